The lowest BCUT2D eigenvalue weighted by molar-refractivity contribution is -0.386. The van der Waals surface area contributed by atoms with Crippen molar-refractivity contribution in [3.63, 3.8) is 0 Å². The molecule has 6 heteroatoms. The van der Waals surface area contributed by atoms with E-state index < -0.39 is 11.0 Å². The van der Waals surface area contributed by atoms with Crippen LogP contribution < -0.4 is 4.74 Å². The highest BCUT2D eigenvalue weighted by molar-refractivity contribution is 9.10. The topological polar surface area (TPSA) is 69.4 Å². The Kier molecular flexibility index (Phi) is 4.70. The number of nitro groups is 1. The van der Waals surface area contributed by atoms with Crippen molar-refractivity contribution >= 4 is 27.4 Å². The lowest BCUT2D eigenvalue weighted by Crippen LogP contribution is -2.24. The number of rotatable bonds is 5. The van der Waals surface area contributed by atoms with E-state index in [-0.39, 0.29) is 17.2 Å². The second-order valence-corrected chi connectivity index (χ2v) is 5.28. The molecule has 108 valence electrons. The first-order valence-electron chi connectivity index (χ1n) is 6.19. The zero-order valence-electron chi connectivity index (χ0n) is 11.2. The standard InChI is InChI=1S/C15H12BrNO4/c1-10(15(18)11-5-3-2-4-6-11)21-14-8-7-12(16)9-13(14)17(19)20/h2-10H,1H3. The number of nitro benzene ring substituents is 1. The van der Waals surface area contributed by atoms with Gasteiger partial charge >= 0.3 is 5.69 Å². The van der Waals surface area contributed by atoms with E-state index >= 15 is 0 Å². The maximum Gasteiger partial charge on any atom is 0.312 e. The van der Waals surface area contributed by atoms with Gasteiger partial charge in [0.05, 0.1) is 4.92 Å². The van der Waals surface area contributed by atoms with Gasteiger partial charge < -0.3 is 4.74 Å². The Morgan fingerprint density at radius 3 is 2.52 bits per heavy atom. The summed E-state index contributed by atoms with van der Waals surface area (Å²) < 4.78 is 6.04. The summed E-state index contributed by atoms with van der Waals surface area (Å²) in [6.45, 7) is 1.57. The van der Waals surface area contributed by atoms with E-state index in [2.05, 4.69) is 15.9 Å². The highest BCUT2D eigenvalue weighted by Gasteiger charge is 2.22. The molecule has 21 heavy (non-hydrogen) atoms. The van der Waals surface area contributed by atoms with Gasteiger partial charge in [-0.15, -0.1) is 0 Å². The first-order valence-corrected chi connectivity index (χ1v) is 6.98. The fourth-order valence-corrected chi connectivity index (χ4v) is 2.16. The van der Waals surface area contributed by atoms with Gasteiger partial charge in [0.1, 0.15) is 0 Å². The Morgan fingerprint density at radius 2 is 1.90 bits per heavy atom. The van der Waals surface area contributed by atoms with E-state index in [0.29, 0.717) is 10.0 Å². The molecule has 0 heterocycles. The molecule has 0 spiro atoms. The molecule has 2 aromatic rings. The molecule has 0 amide bonds. The van der Waals surface area contributed by atoms with E-state index in [1.54, 1.807) is 37.3 Å². The maximum absolute atomic E-state index is 12.2. The van der Waals surface area contributed by atoms with Gasteiger partial charge in [-0.2, -0.15) is 0 Å². The predicted octanol–water partition coefficient (Wildman–Crippen LogP) is 4.01. The molecule has 1 atom stereocenters. The molecule has 0 aliphatic heterocycles. The zero-order valence-corrected chi connectivity index (χ0v) is 12.7. The monoisotopic (exact) mass is 349 g/mol. The van der Waals surface area contributed by atoms with Gasteiger partial charge in [-0.25, -0.2) is 0 Å². The molecule has 1 unspecified atom stereocenters. The second-order valence-electron chi connectivity index (χ2n) is 4.36. The van der Waals surface area contributed by atoms with Crippen LogP contribution in [-0.4, -0.2) is 16.8 Å². The van der Waals surface area contributed by atoms with Gasteiger partial charge in [-0.05, 0) is 19.1 Å². The van der Waals surface area contributed by atoms with Crippen molar-refractivity contribution in [3.05, 3.63) is 68.7 Å². The van der Waals surface area contributed by atoms with E-state index in [1.165, 1.54) is 12.1 Å². The van der Waals surface area contributed by atoms with Gasteiger partial charge in [-0.1, -0.05) is 46.3 Å². The van der Waals surface area contributed by atoms with Crippen LogP contribution in [0.1, 0.15) is 17.3 Å². The molecular weight excluding hydrogens is 338 g/mol. The van der Waals surface area contributed by atoms with Crippen LogP contribution in [0.15, 0.2) is 53.0 Å². The Balaban J connectivity index is 2.22. The van der Waals surface area contributed by atoms with E-state index in [0.717, 1.165) is 0 Å². The number of nitrogens with zero attached hydrogens (tertiary/aromatic N) is 1. The number of carbonyl (C=O) groups excluding carboxylic acids is 1. The van der Waals surface area contributed by atoms with Crippen molar-refractivity contribution in [1.82, 2.24) is 0 Å². The largest absolute Gasteiger partial charge is 0.475 e. The van der Waals surface area contributed by atoms with Crippen LogP contribution >= 0.6 is 15.9 Å². The molecule has 0 N–H and O–H groups in total. The molecular formula is C15H12BrNO4. The van der Waals surface area contributed by atoms with Crippen molar-refractivity contribution < 1.29 is 14.5 Å². The van der Waals surface area contributed by atoms with Crippen LogP contribution in [0.2, 0.25) is 0 Å². The van der Waals surface area contributed by atoms with Crippen LogP contribution in [0.3, 0.4) is 0 Å². The second kappa shape index (κ2) is 6.49. The minimum atomic E-state index is -0.813. The number of Topliss-reactive ketones (excluding diaryl/α,β-unsaturated/α-hetero) is 1. The molecule has 0 aliphatic carbocycles. The van der Waals surface area contributed by atoms with E-state index in [9.17, 15) is 14.9 Å². The average Bonchev–Trinajstić information content (AvgIpc) is 2.49. The smallest absolute Gasteiger partial charge is 0.312 e. The van der Waals surface area contributed by atoms with Crippen molar-refractivity contribution in [2.75, 3.05) is 0 Å². The van der Waals surface area contributed by atoms with Gasteiger partial charge in [0.2, 0.25) is 5.78 Å². The number of halogens is 1. The maximum atomic E-state index is 12.2. The minimum Gasteiger partial charge on any atom is -0.475 e. The Hall–Kier alpha value is -2.21. The normalized spacial score (nSPS) is 11.7. The Morgan fingerprint density at radius 1 is 1.24 bits per heavy atom. The molecule has 2 aromatic carbocycles. The van der Waals surface area contributed by atoms with Gasteiger partial charge in [0, 0.05) is 16.1 Å². The zero-order chi connectivity index (χ0) is 15.4. The SMILES string of the molecule is CC(Oc1ccc(Br)cc1[N+](=O)[O-])C(=O)c1ccccc1. The summed E-state index contributed by atoms with van der Waals surface area (Å²) in [6.07, 6.45) is -0.813. The molecule has 0 saturated carbocycles. The van der Waals surface area contributed by atoms with Crippen LogP contribution in [0.5, 0.6) is 5.75 Å². The lowest BCUT2D eigenvalue weighted by atomic mass is 10.1. The fourth-order valence-electron chi connectivity index (χ4n) is 1.81. The molecule has 0 aromatic heterocycles. The number of ether oxygens (including phenoxy) is 1. The van der Waals surface area contributed by atoms with Crippen LogP contribution in [0.4, 0.5) is 5.69 Å². The Labute approximate surface area is 129 Å². The van der Waals surface area contributed by atoms with Crippen molar-refractivity contribution in [2.24, 2.45) is 0 Å². The van der Waals surface area contributed by atoms with Crippen molar-refractivity contribution in [1.29, 1.82) is 0 Å². The number of hydrogen-bond donors (Lipinski definition) is 0. The number of ketones is 1. The highest BCUT2D eigenvalue weighted by atomic mass is 79.9. The molecule has 5 nitrogen and oxygen atoms in total. The predicted molar refractivity (Wildman–Crippen MR) is 81.7 cm³/mol. The van der Waals surface area contributed by atoms with Crippen LogP contribution in [0, 0.1) is 10.1 Å². The summed E-state index contributed by atoms with van der Waals surface area (Å²) >= 11 is 3.17. The lowest BCUT2D eigenvalue weighted by Gasteiger charge is -2.13. The third-order valence-electron chi connectivity index (χ3n) is 2.85. The number of benzene rings is 2. The molecule has 0 saturated heterocycles. The first-order chi connectivity index (χ1) is 9.99. The highest BCUT2D eigenvalue weighted by Crippen LogP contribution is 2.31. The third kappa shape index (κ3) is 3.66. The molecule has 2 rings (SSSR count). The van der Waals surface area contributed by atoms with Crippen molar-refractivity contribution in [2.45, 2.75) is 13.0 Å². The van der Waals surface area contributed by atoms with E-state index in [1.807, 2.05) is 6.07 Å². The first kappa shape index (κ1) is 15.2. The van der Waals surface area contributed by atoms with E-state index in [4.69, 9.17) is 4.74 Å². The van der Waals surface area contributed by atoms with Crippen LogP contribution in [0.25, 0.3) is 0 Å². The molecule has 0 aliphatic rings. The molecule has 0 fully saturated rings. The Bertz CT molecular complexity index is 673. The summed E-state index contributed by atoms with van der Waals surface area (Å²) in [5.74, 6) is -0.159. The fraction of sp³-hybridized carbons (Fsp3) is 0.133. The molecule has 0 bridgehead atoms. The molecule has 0 radical (unpaired) electrons. The summed E-state index contributed by atoms with van der Waals surface area (Å²) in [5.41, 5.74) is 0.321. The van der Waals surface area contributed by atoms with Gasteiger partial charge in [0.25, 0.3) is 0 Å². The number of carbonyl (C=O) groups is 1. The average molecular weight is 350 g/mol. The summed E-state index contributed by atoms with van der Waals surface area (Å²) in [7, 11) is 0. The third-order valence-corrected chi connectivity index (χ3v) is 3.34. The van der Waals surface area contributed by atoms with Crippen molar-refractivity contribution in [3.8, 4) is 5.75 Å². The summed E-state index contributed by atoms with van der Waals surface area (Å²) in [5, 5.41) is 11.0. The van der Waals surface area contributed by atoms with Crippen LogP contribution in [-0.2, 0) is 0 Å². The van der Waals surface area contributed by atoms with Gasteiger partial charge in [-0.3, -0.25) is 14.9 Å². The minimum absolute atomic E-state index is 0.0694. The number of hydrogen-bond acceptors (Lipinski definition) is 4. The van der Waals surface area contributed by atoms with Gasteiger partial charge in [0.15, 0.2) is 11.9 Å². The quantitative estimate of drug-likeness (QED) is 0.464. The summed E-state index contributed by atoms with van der Waals surface area (Å²) in [4.78, 5) is 22.7. The summed E-state index contributed by atoms with van der Waals surface area (Å²) in [6, 6.07) is 13.1.